The van der Waals surface area contributed by atoms with Crippen molar-refractivity contribution in [2.75, 3.05) is 12.4 Å². The Balaban J connectivity index is 1.74. The lowest BCUT2D eigenvalue weighted by Crippen LogP contribution is -2.17. The number of carbonyl (C=O) groups excluding carboxylic acids is 3. The number of hydrogen-bond acceptors (Lipinski definition) is 7. The molecule has 2 aromatic heterocycles. The number of carbonyl (C=O) groups is 3. The van der Waals surface area contributed by atoms with Crippen LogP contribution >= 0.6 is 22.7 Å². The second-order valence-electron chi connectivity index (χ2n) is 6.13. The van der Waals surface area contributed by atoms with Gasteiger partial charge in [0.1, 0.15) is 0 Å². The van der Waals surface area contributed by atoms with Gasteiger partial charge in [0.15, 0.2) is 5.13 Å². The van der Waals surface area contributed by atoms with Crippen LogP contribution in [0.3, 0.4) is 0 Å². The lowest BCUT2D eigenvalue weighted by molar-refractivity contribution is -0.119. The molecule has 3 aromatic rings. The number of ether oxygens (including phenoxy) is 1. The molecule has 1 aromatic carbocycles. The average Bonchev–Trinajstić information content (AvgIpc) is 3.32. The third-order valence-corrected chi connectivity index (χ3v) is 5.95. The van der Waals surface area contributed by atoms with Crippen LogP contribution in [-0.4, -0.2) is 29.9 Å². The van der Waals surface area contributed by atoms with E-state index in [0.717, 1.165) is 20.3 Å². The first-order valence-electron chi connectivity index (χ1n) is 8.68. The van der Waals surface area contributed by atoms with E-state index in [0.29, 0.717) is 22.8 Å². The van der Waals surface area contributed by atoms with Crippen LogP contribution < -0.4 is 10.6 Å². The SMILES string of the molecule is COC(=O)c1cccc(C(=O)Nc2nc(-c3ccc(CNC(C)=O)s3)c(C)s2)c1. The molecule has 0 saturated heterocycles. The van der Waals surface area contributed by atoms with Crippen LogP contribution in [-0.2, 0) is 16.1 Å². The molecule has 2 amide bonds. The zero-order chi connectivity index (χ0) is 21.0. The zero-order valence-corrected chi connectivity index (χ0v) is 17.7. The number of aromatic nitrogens is 1. The second kappa shape index (κ2) is 8.97. The van der Waals surface area contributed by atoms with Gasteiger partial charge in [0.25, 0.3) is 5.91 Å². The number of rotatable bonds is 6. The van der Waals surface area contributed by atoms with Crippen LogP contribution in [0.15, 0.2) is 36.4 Å². The molecule has 0 spiro atoms. The first-order valence-corrected chi connectivity index (χ1v) is 10.3. The molecule has 0 unspecified atom stereocenters. The molecule has 0 atom stereocenters. The Labute approximate surface area is 175 Å². The van der Waals surface area contributed by atoms with E-state index in [1.165, 1.54) is 31.4 Å². The van der Waals surface area contributed by atoms with Gasteiger partial charge in [-0.1, -0.05) is 6.07 Å². The monoisotopic (exact) mass is 429 g/mol. The topological polar surface area (TPSA) is 97.4 Å². The number of nitrogens with zero attached hydrogens (tertiary/aromatic N) is 1. The van der Waals surface area contributed by atoms with Gasteiger partial charge in [0.05, 0.1) is 29.8 Å². The zero-order valence-electron chi connectivity index (χ0n) is 16.1. The highest BCUT2D eigenvalue weighted by Crippen LogP contribution is 2.34. The molecule has 0 radical (unpaired) electrons. The molecular weight excluding hydrogens is 410 g/mol. The van der Waals surface area contributed by atoms with E-state index in [9.17, 15) is 14.4 Å². The summed E-state index contributed by atoms with van der Waals surface area (Å²) in [5.74, 6) is -0.931. The number of thiazole rings is 1. The van der Waals surface area contributed by atoms with Crippen LogP contribution in [0.25, 0.3) is 10.6 Å². The fourth-order valence-electron chi connectivity index (χ4n) is 2.56. The standard InChI is InChI=1S/C20H19N3O4S2/c1-11-17(16-8-7-15(29-16)10-21-12(2)24)22-20(28-11)23-18(25)13-5-4-6-14(9-13)19(26)27-3/h4-9H,10H2,1-3H3,(H,21,24)(H,22,23,25). The molecule has 0 saturated carbocycles. The summed E-state index contributed by atoms with van der Waals surface area (Å²) in [7, 11) is 1.29. The number of anilines is 1. The van der Waals surface area contributed by atoms with Crippen LogP contribution in [0.4, 0.5) is 5.13 Å². The van der Waals surface area contributed by atoms with Gasteiger partial charge in [-0.05, 0) is 37.3 Å². The Morgan fingerprint density at radius 3 is 2.59 bits per heavy atom. The predicted molar refractivity (Wildman–Crippen MR) is 113 cm³/mol. The van der Waals surface area contributed by atoms with Crippen molar-refractivity contribution in [3.8, 4) is 10.6 Å². The molecule has 9 heteroatoms. The van der Waals surface area contributed by atoms with Gasteiger partial charge in [-0.3, -0.25) is 14.9 Å². The first-order chi connectivity index (χ1) is 13.9. The second-order valence-corrected chi connectivity index (χ2v) is 8.50. The Bertz CT molecular complexity index is 1070. The molecule has 0 aliphatic rings. The van der Waals surface area contributed by atoms with Gasteiger partial charge in [0, 0.05) is 22.2 Å². The summed E-state index contributed by atoms with van der Waals surface area (Å²) in [6.45, 7) is 3.89. The van der Waals surface area contributed by atoms with E-state index in [4.69, 9.17) is 0 Å². The van der Waals surface area contributed by atoms with E-state index in [-0.39, 0.29) is 11.8 Å². The number of aryl methyl sites for hydroxylation is 1. The van der Waals surface area contributed by atoms with Crippen molar-refractivity contribution in [3.05, 3.63) is 57.3 Å². The summed E-state index contributed by atoms with van der Waals surface area (Å²) in [5.41, 5.74) is 1.45. The summed E-state index contributed by atoms with van der Waals surface area (Å²) < 4.78 is 4.69. The van der Waals surface area contributed by atoms with Crippen LogP contribution in [0, 0.1) is 6.92 Å². The number of esters is 1. The minimum atomic E-state index is -0.500. The lowest BCUT2D eigenvalue weighted by atomic mass is 10.1. The summed E-state index contributed by atoms with van der Waals surface area (Å²) in [6, 6.07) is 10.2. The average molecular weight is 430 g/mol. The molecule has 2 N–H and O–H groups in total. The lowest BCUT2D eigenvalue weighted by Gasteiger charge is -2.04. The normalized spacial score (nSPS) is 10.4. The molecule has 29 heavy (non-hydrogen) atoms. The molecule has 2 heterocycles. The van der Waals surface area contributed by atoms with Crippen LogP contribution in [0.1, 0.15) is 37.4 Å². The van der Waals surface area contributed by atoms with E-state index in [1.807, 2.05) is 19.1 Å². The Hall–Kier alpha value is -3.04. The first kappa shape index (κ1) is 20.7. The Morgan fingerprint density at radius 2 is 1.86 bits per heavy atom. The van der Waals surface area contributed by atoms with E-state index >= 15 is 0 Å². The van der Waals surface area contributed by atoms with Crippen molar-refractivity contribution in [2.45, 2.75) is 20.4 Å². The number of methoxy groups -OCH3 is 1. The van der Waals surface area contributed by atoms with Crippen molar-refractivity contribution >= 4 is 45.6 Å². The number of thiophene rings is 1. The quantitative estimate of drug-likeness (QED) is 0.580. The fourth-order valence-corrected chi connectivity index (χ4v) is 4.45. The van der Waals surface area contributed by atoms with Crippen molar-refractivity contribution in [1.82, 2.24) is 10.3 Å². The third-order valence-electron chi connectivity index (χ3n) is 3.97. The maximum Gasteiger partial charge on any atom is 0.337 e. The maximum absolute atomic E-state index is 12.6. The van der Waals surface area contributed by atoms with Gasteiger partial charge in [-0.15, -0.1) is 22.7 Å². The maximum atomic E-state index is 12.6. The summed E-state index contributed by atoms with van der Waals surface area (Å²) in [5, 5.41) is 6.03. The molecular formula is C20H19N3O4S2. The fraction of sp³-hybridized carbons (Fsp3) is 0.200. The molecule has 0 bridgehead atoms. The smallest absolute Gasteiger partial charge is 0.337 e. The van der Waals surface area contributed by atoms with Gasteiger partial charge >= 0.3 is 5.97 Å². The van der Waals surface area contributed by atoms with Crippen molar-refractivity contribution in [1.29, 1.82) is 0 Å². The number of hydrogen-bond donors (Lipinski definition) is 2. The highest BCUT2D eigenvalue weighted by molar-refractivity contribution is 7.18. The van der Waals surface area contributed by atoms with Crippen molar-refractivity contribution in [2.24, 2.45) is 0 Å². The number of nitrogens with one attached hydrogen (secondary N) is 2. The van der Waals surface area contributed by atoms with E-state index in [1.54, 1.807) is 29.5 Å². The van der Waals surface area contributed by atoms with Gasteiger partial charge in [0.2, 0.25) is 5.91 Å². The minimum absolute atomic E-state index is 0.0777. The molecule has 150 valence electrons. The largest absolute Gasteiger partial charge is 0.465 e. The van der Waals surface area contributed by atoms with Crippen molar-refractivity contribution in [3.63, 3.8) is 0 Å². The molecule has 0 aliphatic carbocycles. The Morgan fingerprint density at radius 1 is 1.10 bits per heavy atom. The van der Waals surface area contributed by atoms with Crippen LogP contribution in [0.2, 0.25) is 0 Å². The summed E-state index contributed by atoms with van der Waals surface area (Å²) >= 11 is 2.92. The Kier molecular flexibility index (Phi) is 6.40. The highest BCUT2D eigenvalue weighted by atomic mass is 32.1. The van der Waals surface area contributed by atoms with Gasteiger partial charge in [-0.2, -0.15) is 0 Å². The molecule has 7 nitrogen and oxygen atoms in total. The highest BCUT2D eigenvalue weighted by Gasteiger charge is 2.16. The molecule has 0 aliphatic heterocycles. The van der Waals surface area contributed by atoms with Crippen LogP contribution in [0.5, 0.6) is 0 Å². The number of amides is 2. The summed E-state index contributed by atoms with van der Waals surface area (Å²) in [4.78, 5) is 42.8. The van der Waals surface area contributed by atoms with Gasteiger partial charge < -0.3 is 10.1 Å². The molecule has 0 fully saturated rings. The van der Waals surface area contributed by atoms with Crippen molar-refractivity contribution < 1.29 is 19.1 Å². The molecule has 3 rings (SSSR count). The predicted octanol–water partition coefficient (Wildman–Crippen LogP) is 3.86. The van der Waals surface area contributed by atoms with E-state index in [2.05, 4.69) is 20.4 Å². The minimum Gasteiger partial charge on any atom is -0.465 e. The summed E-state index contributed by atoms with van der Waals surface area (Å²) in [6.07, 6.45) is 0. The van der Waals surface area contributed by atoms with E-state index < -0.39 is 5.97 Å². The van der Waals surface area contributed by atoms with Gasteiger partial charge in [-0.25, -0.2) is 9.78 Å². The third kappa shape index (κ3) is 5.07. The number of benzene rings is 1.